The number of phenolic OH excluding ortho intramolecular Hbond substituents is 3. The van der Waals surface area contributed by atoms with E-state index in [1.807, 2.05) is 0 Å². The van der Waals surface area contributed by atoms with Gasteiger partial charge < -0.3 is 24.8 Å². The summed E-state index contributed by atoms with van der Waals surface area (Å²) in [5, 5.41) is 42.9. The van der Waals surface area contributed by atoms with Crippen molar-refractivity contribution in [1.82, 2.24) is 0 Å². The predicted molar refractivity (Wildman–Crippen MR) is 123 cm³/mol. The van der Waals surface area contributed by atoms with Gasteiger partial charge in [-0.15, -0.1) is 0 Å². The summed E-state index contributed by atoms with van der Waals surface area (Å²) in [5.41, 5.74) is -0.718. The predicted octanol–water partition coefficient (Wildman–Crippen LogP) is 3.63. The second-order valence-electron chi connectivity index (χ2n) is 8.31. The molecule has 34 heavy (non-hydrogen) atoms. The summed E-state index contributed by atoms with van der Waals surface area (Å²) in [4.78, 5) is 38.6. The summed E-state index contributed by atoms with van der Waals surface area (Å²) >= 11 is 0. The third kappa shape index (κ3) is 2.93. The molecule has 8 nitrogen and oxygen atoms in total. The van der Waals surface area contributed by atoms with Crippen molar-refractivity contribution in [3.8, 4) is 17.2 Å². The van der Waals surface area contributed by atoms with Crippen LogP contribution in [0, 0.1) is 13.8 Å². The molecule has 170 valence electrons. The van der Waals surface area contributed by atoms with Crippen molar-refractivity contribution in [1.29, 1.82) is 0 Å². The molecule has 4 aromatic rings. The van der Waals surface area contributed by atoms with E-state index in [-0.39, 0.29) is 44.3 Å². The van der Waals surface area contributed by atoms with E-state index in [4.69, 9.17) is 4.42 Å². The number of aliphatic hydroxyl groups excluding tert-OH is 1. The van der Waals surface area contributed by atoms with Crippen LogP contribution < -0.4 is 5.63 Å². The van der Waals surface area contributed by atoms with Crippen LogP contribution in [0.1, 0.15) is 43.2 Å². The Bertz CT molecular complexity index is 1690. The molecule has 1 aliphatic rings. The van der Waals surface area contributed by atoms with Crippen molar-refractivity contribution in [2.75, 3.05) is 0 Å². The fourth-order valence-electron chi connectivity index (χ4n) is 4.60. The fourth-order valence-corrected chi connectivity index (χ4v) is 4.60. The first-order valence-electron chi connectivity index (χ1n) is 10.3. The van der Waals surface area contributed by atoms with Gasteiger partial charge >= 0.3 is 5.63 Å². The first kappa shape index (κ1) is 21.4. The summed E-state index contributed by atoms with van der Waals surface area (Å²) in [5.74, 6) is -2.50. The minimum absolute atomic E-state index is 0.0268. The average molecular weight is 458 g/mol. The Morgan fingerprint density at radius 2 is 1.53 bits per heavy atom. The Labute approximate surface area is 191 Å². The van der Waals surface area contributed by atoms with E-state index < -0.39 is 35.3 Å². The number of ketones is 2. The Kier molecular flexibility index (Phi) is 4.59. The first-order chi connectivity index (χ1) is 16.1. The lowest BCUT2D eigenvalue weighted by molar-refractivity contribution is 0.0999. The highest BCUT2D eigenvalue weighted by Gasteiger charge is 2.33. The van der Waals surface area contributed by atoms with Gasteiger partial charge in [0.05, 0.1) is 17.6 Å². The van der Waals surface area contributed by atoms with Crippen molar-refractivity contribution in [2.24, 2.45) is 0 Å². The maximum Gasteiger partial charge on any atom is 0.347 e. The molecule has 0 saturated carbocycles. The molecule has 1 aliphatic carbocycles. The number of phenols is 3. The number of hydrogen-bond donors (Lipinski definition) is 4. The van der Waals surface area contributed by atoms with Crippen molar-refractivity contribution in [3.63, 3.8) is 0 Å². The second kappa shape index (κ2) is 7.29. The number of aromatic hydroxyl groups is 3. The lowest BCUT2D eigenvalue weighted by Gasteiger charge is -2.21. The summed E-state index contributed by atoms with van der Waals surface area (Å²) in [6, 6.07) is 7.38. The summed E-state index contributed by atoms with van der Waals surface area (Å²) < 4.78 is 5.07. The van der Waals surface area contributed by atoms with Crippen LogP contribution in [-0.4, -0.2) is 32.0 Å². The molecule has 8 heteroatoms. The number of allylic oxidation sites excluding steroid dienone is 2. The van der Waals surface area contributed by atoms with Crippen LogP contribution in [0.15, 0.2) is 45.6 Å². The van der Waals surface area contributed by atoms with Crippen molar-refractivity contribution in [2.45, 2.75) is 20.5 Å². The van der Waals surface area contributed by atoms with Crippen LogP contribution in [0.5, 0.6) is 17.2 Å². The van der Waals surface area contributed by atoms with Gasteiger partial charge in [-0.2, -0.15) is 0 Å². The summed E-state index contributed by atoms with van der Waals surface area (Å²) in [6.07, 6.45) is 1.03. The quantitative estimate of drug-likeness (QED) is 0.333. The van der Waals surface area contributed by atoms with E-state index in [9.17, 15) is 34.8 Å². The molecule has 3 aromatic carbocycles. The molecule has 0 bridgehead atoms. The zero-order chi connectivity index (χ0) is 24.5. The number of aliphatic hydroxyl groups is 1. The van der Waals surface area contributed by atoms with E-state index in [0.29, 0.717) is 22.1 Å². The Hall–Kier alpha value is -4.43. The number of fused-ring (bicyclic) bond motifs is 3. The van der Waals surface area contributed by atoms with Crippen LogP contribution in [0.2, 0.25) is 0 Å². The monoisotopic (exact) mass is 458 g/mol. The third-order valence-corrected chi connectivity index (χ3v) is 6.02. The van der Waals surface area contributed by atoms with Crippen molar-refractivity contribution >= 4 is 38.7 Å². The lowest BCUT2D eigenvalue weighted by atomic mass is 9.82. The Morgan fingerprint density at radius 3 is 2.24 bits per heavy atom. The Balaban J connectivity index is 1.86. The van der Waals surface area contributed by atoms with Crippen LogP contribution in [0.25, 0.3) is 27.1 Å². The van der Waals surface area contributed by atoms with Gasteiger partial charge in [0, 0.05) is 16.7 Å². The number of hydrogen-bond acceptors (Lipinski definition) is 8. The van der Waals surface area contributed by atoms with E-state index in [1.54, 1.807) is 26.0 Å². The highest BCUT2D eigenvalue weighted by atomic mass is 16.4. The molecule has 0 saturated heterocycles. The van der Waals surface area contributed by atoms with E-state index in [2.05, 4.69) is 0 Å². The van der Waals surface area contributed by atoms with Gasteiger partial charge in [-0.3, -0.25) is 9.59 Å². The summed E-state index contributed by atoms with van der Waals surface area (Å²) in [7, 11) is 0. The normalized spacial score (nSPS) is 13.4. The van der Waals surface area contributed by atoms with Gasteiger partial charge in [-0.05, 0) is 72.2 Å². The molecule has 1 heterocycles. The van der Waals surface area contributed by atoms with Gasteiger partial charge in [-0.1, -0.05) is 0 Å². The van der Waals surface area contributed by atoms with E-state index in [1.165, 1.54) is 18.2 Å². The topological polar surface area (TPSA) is 145 Å². The van der Waals surface area contributed by atoms with Crippen LogP contribution >= 0.6 is 0 Å². The maximum atomic E-state index is 13.3. The highest BCUT2D eigenvalue weighted by molar-refractivity contribution is 6.40. The molecule has 1 aromatic heterocycles. The van der Waals surface area contributed by atoms with Gasteiger partial charge in [0.1, 0.15) is 28.4 Å². The number of carbonyl (C=O) groups is 2. The largest absolute Gasteiger partial charge is 0.507 e. The summed E-state index contributed by atoms with van der Waals surface area (Å²) in [6.45, 7) is 2.65. The zero-order valence-corrected chi connectivity index (χ0v) is 18.1. The van der Waals surface area contributed by atoms with Gasteiger partial charge in [0.2, 0.25) is 0 Å². The number of rotatable bonds is 2. The first-order valence-corrected chi connectivity index (χ1v) is 10.3. The maximum absolute atomic E-state index is 13.3. The molecule has 0 unspecified atom stereocenters. The number of benzene rings is 3. The molecule has 0 radical (unpaired) electrons. The van der Waals surface area contributed by atoms with Crippen molar-refractivity contribution < 1.29 is 34.4 Å². The second-order valence-corrected chi connectivity index (χ2v) is 8.31. The third-order valence-electron chi connectivity index (χ3n) is 6.02. The molecular formula is C26H18O8. The number of aryl methyl sites for hydroxylation is 2. The molecule has 0 fully saturated rings. The minimum atomic E-state index is -0.807. The fraction of sp³-hybridized carbons (Fsp3) is 0.115. The van der Waals surface area contributed by atoms with E-state index >= 15 is 0 Å². The van der Waals surface area contributed by atoms with Gasteiger partial charge in [0.15, 0.2) is 11.6 Å². The number of Topliss-reactive ketones (excluding diaryl/α,β-unsaturated/α-hetero) is 1. The molecule has 4 N–H and O–H groups in total. The average Bonchev–Trinajstić information content (AvgIpc) is 2.75. The molecule has 0 amide bonds. The minimum Gasteiger partial charge on any atom is -0.507 e. The SMILES string of the molecule is Cc1cc(O)c2c(c1)C(=O)C=C(c1c(CO)cc3cc4cc(C)oc(=O)c4c(O)c3c1O)C2=O. The van der Waals surface area contributed by atoms with Gasteiger partial charge in [-0.25, -0.2) is 4.79 Å². The molecule has 0 aliphatic heterocycles. The standard InChI is InChI=1S/C26H18O8/c1-10-3-15-17(28)8-16(23(30)22(15)18(29)4-10)19-14(9-27)7-13-6-12-5-11(2)34-26(33)21(12)25(32)20(13)24(19)31/h3-8,27,29,31-32H,9H2,1-2H3. The molecule has 0 spiro atoms. The number of carbonyl (C=O) groups excluding carboxylic acids is 2. The zero-order valence-electron chi connectivity index (χ0n) is 18.1. The highest BCUT2D eigenvalue weighted by Crippen LogP contribution is 2.45. The van der Waals surface area contributed by atoms with Crippen molar-refractivity contribution in [3.05, 3.63) is 80.4 Å². The molecule has 0 atom stereocenters. The Morgan fingerprint density at radius 1 is 0.824 bits per heavy atom. The smallest absolute Gasteiger partial charge is 0.347 e. The van der Waals surface area contributed by atoms with Crippen LogP contribution in [0.3, 0.4) is 0 Å². The molecular weight excluding hydrogens is 440 g/mol. The van der Waals surface area contributed by atoms with Gasteiger partial charge in [0.25, 0.3) is 0 Å². The van der Waals surface area contributed by atoms with Crippen LogP contribution in [-0.2, 0) is 6.61 Å². The molecule has 5 rings (SSSR count). The van der Waals surface area contributed by atoms with Crippen LogP contribution in [0.4, 0.5) is 0 Å². The lowest BCUT2D eigenvalue weighted by Crippen LogP contribution is -2.18. The van der Waals surface area contributed by atoms with E-state index in [0.717, 1.165) is 6.08 Å².